The molecule has 0 unspecified atom stereocenters. The van der Waals surface area contributed by atoms with Crippen LogP contribution in [-0.2, 0) is 11.3 Å². The number of amides is 2. The van der Waals surface area contributed by atoms with Crippen molar-refractivity contribution in [2.24, 2.45) is 0 Å². The summed E-state index contributed by atoms with van der Waals surface area (Å²) in [6.07, 6.45) is 3.28. The summed E-state index contributed by atoms with van der Waals surface area (Å²) in [5.41, 5.74) is 2.01. The molecule has 0 aliphatic rings. The Kier molecular flexibility index (Phi) is 8.04. The fraction of sp³-hybridized carbons (Fsp3) is 0.0357. The number of carbonyl (C=O) groups excluding carboxylic acids is 2. The summed E-state index contributed by atoms with van der Waals surface area (Å²) in [5.74, 6) is 0.538. The summed E-state index contributed by atoms with van der Waals surface area (Å²) in [6.45, 7) is 0.233. The highest BCUT2D eigenvalue weighted by Crippen LogP contribution is 2.29. The van der Waals surface area contributed by atoms with Crippen molar-refractivity contribution in [3.05, 3.63) is 130 Å². The van der Waals surface area contributed by atoms with Crippen molar-refractivity contribution in [2.45, 2.75) is 6.54 Å². The van der Waals surface area contributed by atoms with E-state index < -0.39 is 5.91 Å². The first-order chi connectivity index (χ1) is 17.1. The van der Waals surface area contributed by atoms with Crippen LogP contribution in [0.5, 0.6) is 11.5 Å². The number of hydrogen-bond acceptors (Lipinski definition) is 4. The van der Waals surface area contributed by atoms with E-state index in [1.807, 2.05) is 54.6 Å². The number of hydrogen-bond donors (Lipinski definition) is 2. The molecule has 174 valence electrons. The molecule has 0 fully saturated rings. The zero-order chi connectivity index (χ0) is 24.5. The van der Waals surface area contributed by atoms with Crippen LogP contribution in [0, 0.1) is 0 Å². The van der Waals surface area contributed by atoms with Gasteiger partial charge in [0, 0.05) is 11.8 Å². The van der Waals surface area contributed by atoms with Gasteiger partial charge < -0.3 is 15.4 Å². The molecule has 0 saturated heterocycles. The lowest BCUT2D eigenvalue weighted by Crippen LogP contribution is -2.34. The fourth-order valence-electron chi connectivity index (χ4n) is 3.16. The minimum absolute atomic E-state index is 0.120. The second-order valence-electron chi connectivity index (χ2n) is 7.48. The molecule has 4 rings (SSSR count). The highest BCUT2D eigenvalue weighted by molar-refractivity contribution is 9.10. The zero-order valence-corrected chi connectivity index (χ0v) is 20.2. The number of benzene rings is 3. The molecular weight excluding hydrogens is 506 g/mol. The van der Waals surface area contributed by atoms with Crippen LogP contribution in [0.3, 0.4) is 0 Å². The van der Waals surface area contributed by atoms with Gasteiger partial charge in [0.05, 0.1) is 16.7 Å². The normalized spacial score (nSPS) is 10.9. The van der Waals surface area contributed by atoms with E-state index in [9.17, 15) is 9.59 Å². The third-order valence-corrected chi connectivity index (χ3v) is 5.60. The molecule has 7 heteroatoms. The van der Waals surface area contributed by atoms with E-state index in [0.717, 1.165) is 10.0 Å². The molecule has 2 amide bonds. The van der Waals surface area contributed by atoms with Crippen LogP contribution in [0.4, 0.5) is 0 Å². The summed E-state index contributed by atoms with van der Waals surface area (Å²) in [7, 11) is 0. The van der Waals surface area contributed by atoms with E-state index in [0.29, 0.717) is 22.8 Å². The summed E-state index contributed by atoms with van der Waals surface area (Å²) in [4.78, 5) is 29.9. The number of nitrogens with zero attached hydrogens (tertiary/aromatic N) is 1. The van der Waals surface area contributed by atoms with Crippen molar-refractivity contribution < 1.29 is 14.3 Å². The first kappa shape index (κ1) is 23.9. The van der Waals surface area contributed by atoms with Crippen LogP contribution >= 0.6 is 15.9 Å². The zero-order valence-electron chi connectivity index (χ0n) is 18.6. The molecular formula is C28H22BrN3O3. The Balaban J connectivity index is 1.53. The minimum atomic E-state index is -0.423. The molecule has 1 aromatic heterocycles. The Morgan fingerprint density at radius 3 is 2.29 bits per heavy atom. The van der Waals surface area contributed by atoms with Crippen molar-refractivity contribution in [3.63, 3.8) is 0 Å². The van der Waals surface area contributed by atoms with Gasteiger partial charge in [-0.05, 0) is 76.1 Å². The Labute approximate surface area is 211 Å². The molecule has 4 aromatic rings. The standard InChI is InChI=1S/C28H22BrN3O3/c29-24-11-4-5-12-26(24)35-23-15-13-20(14-16-23)18-25(32-27(33)21-8-2-1-3-9-21)28(34)31-19-22-10-6-7-17-30-22/h1-18H,19H2,(H,31,34)(H,32,33)/b25-18-. The lowest BCUT2D eigenvalue weighted by Gasteiger charge is -2.12. The minimum Gasteiger partial charge on any atom is -0.456 e. The highest BCUT2D eigenvalue weighted by Gasteiger charge is 2.15. The predicted octanol–water partition coefficient (Wildman–Crippen LogP) is 5.72. The van der Waals surface area contributed by atoms with Gasteiger partial charge in [-0.2, -0.15) is 0 Å². The Bertz CT molecular complexity index is 1320. The largest absolute Gasteiger partial charge is 0.456 e. The van der Waals surface area contributed by atoms with Gasteiger partial charge in [0.1, 0.15) is 17.2 Å². The van der Waals surface area contributed by atoms with Crippen LogP contribution in [-0.4, -0.2) is 16.8 Å². The van der Waals surface area contributed by atoms with Crippen LogP contribution in [0.1, 0.15) is 21.6 Å². The SMILES string of the molecule is O=C(NCc1ccccn1)/C(=C/c1ccc(Oc2ccccc2Br)cc1)NC(=O)c1ccccc1. The molecule has 0 aliphatic carbocycles. The fourth-order valence-corrected chi connectivity index (χ4v) is 3.53. The summed E-state index contributed by atoms with van der Waals surface area (Å²) in [6, 6.07) is 29.0. The molecule has 0 aliphatic heterocycles. The van der Waals surface area contributed by atoms with Crippen LogP contribution in [0.25, 0.3) is 6.08 Å². The Hall–Kier alpha value is -4.23. The van der Waals surface area contributed by atoms with E-state index in [2.05, 4.69) is 31.5 Å². The lowest BCUT2D eigenvalue weighted by atomic mass is 10.1. The Morgan fingerprint density at radius 2 is 1.57 bits per heavy atom. The van der Waals surface area contributed by atoms with Gasteiger partial charge in [-0.3, -0.25) is 14.6 Å². The molecule has 0 atom stereocenters. The third-order valence-electron chi connectivity index (χ3n) is 4.94. The summed E-state index contributed by atoms with van der Waals surface area (Å²) in [5, 5.41) is 5.54. The van der Waals surface area contributed by atoms with E-state index in [4.69, 9.17) is 4.74 Å². The Morgan fingerprint density at radius 1 is 0.857 bits per heavy atom. The number of halogens is 1. The van der Waals surface area contributed by atoms with Gasteiger partial charge in [-0.15, -0.1) is 0 Å². The molecule has 0 radical (unpaired) electrons. The third kappa shape index (κ3) is 6.88. The summed E-state index contributed by atoms with van der Waals surface area (Å²) >= 11 is 3.47. The number of pyridine rings is 1. The lowest BCUT2D eigenvalue weighted by molar-refractivity contribution is -0.117. The van der Waals surface area contributed by atoms with Gasteiger partial charge in [0.2, 0.25) is 0 Å². The van der Waals surface area contributed by atoms with Gasteiger partial charge in [-0.1, -0.05) is 48.5 Å². The van der Waals surface area contributed by atoms with E-state index >= 15 is 0 Å². The highest BCUT2D eigenvalue weighted by atomic mass is 79.9. The van der Waals surface area contributed by atoms with E-state index in [1.165, 1.54) is 0 Å². The monoisotopic (exact) mass is 527 g/mol. The van der Waals surface area contributed by atoms with Crippen molar-refractivity contribution in [1.82, 2.24) is 15.6 Å². The van der Waals surface area contributed by atoms with Gasteiger partial charge in [0.25, 0.3) is 11.8 Å². The van der Waals surface area contributed by atoms with Crippen LogP contribution < -0.4 is 15.4 Å². The quantitative estimate of drug-likeness (QED) is 0.287. The average Bonchev–Trinajstić information content (AvgIpc) is 2.90. The first-order valence-corrected chi connectivity index (χ1v) is 11.7. The van der Waals surface area contributed by atoms with Crippen LogP contribution in [0.2, 0.25) is 0 Å². The van der Waals surface area contributed by atoms with Gasteiger partial charge >= 0.3 is 0 Å². The van der Waals surface area contributed by atoms with Crippen molar-refractivity contribution in [3.8, 4) is 11.5 Å². The number of nitrogens with one attached hydrogen (secondary N) is 2. The molecule has 0 saturated carbocycles. The van der Waals surface area contributed by atoms with Crippen LogP contribution in [0.15, 0.2) is 113 Å². The smallest absolute Gasteiger partial charge is 0.268 e. The molecule has 3 aromatic carbocycles. The van der Waals surface area contributed by atoms with Crippen molar-refractivity contribution >= 4 is 33.8 Å². The molecule has 1 heterocycles. The van der Waals surface area contributed by atoms with E-state index in [1.54, 1.807) is 54.7 Å². The van der Waals surface area contributed by atoms with Crippen molar-refractivity contribution in [1.29, 1.82) is 0 Å². The second-order valence-corrected chi connectivity index (χ2v) is 8.34. The number of para-hydroxylation sites is 1. The van der Waals surface area contributed by atoms with Crippen molar-refractivity contribution in [2.75, 3.05) is 0 Å². The average molecular weight is 528 g/mol. The van der Waals surface area contributed by atoms with E-state index in [-0.39, 0.29) is 18.1 Å². The van der Waals surface area contributed by atoms with Gasteiger partial charge in [-0.25, -0.2) is 0 Å². The molecule has 6 nitrogen and oxygen atoms in total. The first-order valence-electron chi connectivity index (χ1n) is 10.9. The second kappa shape index (κ2) is 11.8. The maximum Gasteiger partial charge on any atom is 0.268 e. The number of rotatable bonds is 8. The maximum absolute atomic E-state index is 13.0. The van der Waals surface area contributed by atoms with Gasteiger partial charge in [0.15, 0.2) is 0 Å². The predicted molar refractivity (Wildman–Crippen MR) is 139 cm³/mol. The number of carbonyl (C=O) groups is 2. The number of aromatic nitrogens is 1. The molecule has 35 heavy (non-hydrogen) atoms. The summed E-state index contributed by atoms with van der Waals surface area (Å²) < 4.78 is 6.75. The maximum atomic E-state index is 13.0. The molecule has 0 bridgehead atoms. The molecule has 2 N–H and O–H groups in total. The topological polar surface area (TPSA) is 80.3 Å². The number of ether oxygens (including phenoxy) is 1. The molecule has 0 spiro atoms.